The lowest BCUT2D eigenvalue weighted by atomic mass is 10.0. The van der Waals surface area contributed by atoms with Crippen LogP contribution in [-0.2, 0) is 9.03 Å². The minimum atomic E-state index is -1.16. The van der Waals surface area contributed by atoms with Crippen molar-refractivity contribution in [1.29, 1.82) is 0 Å². The van der Waals surface area contributed by atoms with Crippen molar-refractivity contribution in [3.05, 3.63) is 0 Å². The van der Waals surface area contributed by atoms with Crippen LogP contribution in [0.1, 0.15) is 6.42 Å². The number of ether oxygens (including phenoxy) is 1. The number of aliphatic hydroxyl groups is 3. The van der Waals surface area contributed by atoms with Crippen LogP contribution in [0, 0.1) is 0 Å². The zero-order valence-corrected chi connectivity index (χ0v) is 7.02. The molecule has 0 aromatic heterocycles. The SMILES string of the molecule is OC[C@@H]1C[C@H](O)[C@@H](O)[C@@H](OCl)O1. The Bertz CT molecular complexity index is 144. The fourth-order valence-corrected chi connectivity index (χ4v) is 1.25. The summed E-state index contributed by atoms with van der Waals surface area (Å²) in [7, 11) is 0. The fourth-order valence-electron chi connectivity index (χ4n) is 1.11. The lowest BCUT2D eigenvalue weighted by molar-refractivity contribution is -0.239. The number of hydrogen-bond donors (Lipinski definition) is 3. The van der Waals surface area contributed by atoms with Crippen LogP contribution in [0.4, 0.5) is 0 Å². The second kappa shape index (κ2) is 4.36. The maximum absolute atomic E-state index is 9.20. The first-order valence-electron chi connectivity index (χ1n) is 3.59. The molecule has 0 unspecified atom stereocenters. The molecule has 0 aromatic rings. The third-order valence-corrected chi connectivity index (χ3v) is 1.97. The van der Waals surface area contributed by atoms with Gasteiger partial charge in [-0.05, 0) is 0 Å². The quantitative estimate of drug-likeness (QED) is 0.530. The Labute approximate surface area is 74.6 Å². The Hall–Kier alpha value is 0.0900. The molecule has 72 valence electrons. The van der Waals surface area contributed by atoms with Crippen LogP contribution in [0.3, 0.4) is 0 Å². The van der Waals surface area contributed by atoms with Crippen LogP contribution in [-0.4, -0.2) is 46.5 Å². The van der Waals surface area contributed by atoms with Crippen LogP contribution in [0.15, 0.2) is 0 Å². The van der Waals surface area contributed by atoms with Gasteiger partial charge in [-0.3, -0.25) is 0 Å². The molecule has 12 heavy (non-hydrogen) atoms. The summed E-state index contributed by atoms with van der Waals surface area (Å²) in [5.74, 6) is 0. The van der Waals surface area contributed by atoms with Gasteiger partial charge in [-0.15, -0.1) is 0 Å². The first-order valence-corrected chi connectivity index (χ1v) is 3.89. The summed E-state index contributed by atoms with van der Waals surface area (Å²) < 4.78 is 9.19. The van der Waals surface area contributed by atoms with E-state index in [4.69, 9.17) is 21.7 Å². The van der Waals surface area contributed by atoms with Gasteiger partial charge >= 0.3 is 0 Å². The van der Waals surface area contributed by atoms with Crippen molar-refractivity contribution in [1.82, 2.24) is 0 Å². The van der Waals surface area contributed by atoms with Gasteiger partial charge in [-0.25, -0.2) is 4.29 Å². The smallest absolute Gasteiger partial charge is 0.206 e. The Balaban J connectivity index is 2.52. The lowest BCUT2D eigenvalue weighted by Crippen LogP contribution is -2.49. The van der Waals surface area contributed by atoms with Crippen molar-refractivity contribution < 1.29 is 24.3 Å². The number of rotatable bonds is 2. The summed E-state index contributed by atoms with van der Waals surface area (Å²) in [5, 5.41) is 27.1. The van der Waals surface area contributed by atoms with E-state index in [2.05, 4.69) is 4.29 Å². The average Bonchev–Trinajstić information content (AvgIpc) is 2.09. The van der Waals surface area contributed by atoms with Gasteiger partial charge in [0.15, 0.2) is 0 Å². The minimum absolute atomic E-state index is 0.175. The molecule has 0 bridgehead atoms. The zero-order valence-electron chi connectivity index (χ0n) is 6.26. The molecule has 0 amide bonds. The minimum Gasteiger partial charge on any atom is -0.394 e. The molecule has 1 aliphatic rings. The molecular formula is C6H11ClO5. The molecule has 0 spiro atoms. The Morgan fingerprint density at radius 2 is 2.17 bits per heavy atom. The number of aliphatic hydroxyl groups excluding tert-OH is 3. The van der Waals surface area contributed by atoms with E-state index in [1.54, 1.807) is 0 Å². The topological polar surface area (TPSA) is 79.2 Å². The standard InChI is InChI=1S/C6H11ClO5/c7-12-6-5(10)4(9)1-3(2-8)11-6/h3-6,8-10H,1-2H2/t3-,4-,5+,6+/m0/s1. The molecule has 1 rings (SSSR count). The van der Waals surface area contributed by atoms with Crippen LogP contribution in [0.2, 0.25) is 0 Å². The molecule has 5 nitrogen and oxygen atoms in total. The summed E-state index contributed by atoms with van der Waals surface area (Å²) in [4.78, 5) is 0. The molecule has 3 N–H and O–H groups in total. The zero-order chi connectivity index (χ0) is 9.14. The van der Waals surface area contributed by atoms with Crippen LogP contribution < -0.4 is 0 Å². The highest BCUT2D eigenvalue weighted by Crippen LogP contribution is 2.21. The van der Waals surface area contributed by atoms with Gasteiger partial charge in [0.2, 0.25) is 6.29 Å². The second-order valence-corrected chi connectivity index (χ2v) is 2.87. The molecule has 1 saturated heterocycles. The summed E-state index contributed by atoms with van der Waals surface area (Å²) in [5.41, 5.74) is 0. The first kappa shape index (κ1) is 10.2. The van der Waals surface area contributed by atoms with E-state index in [-0.39, 0.29) is 13.0 Å². The maximum atomic E-state index is 9.20. The lowest BCUT2D eigenvalue weighted by Gasteiger charge is -2.34. The van der Waals surface area contributed by atoms with E-state index in [1.807, 2.05) is 0 Å². The molecule has 1 heterocycles. The Morgan fingerprint density at radius 1 is 1.50 bits per heavy atom. The average molecular weight is 199 g/mol. The summed E-state index contributed by atoms with van der Waals surface area (Å²) in [6.45, 7) is -0.236. The van der Waals surface area contributed by atoms with Gasteiger partial charge in [-0.2, -0.15) is 0 Å². The Kier molecular flexibility index (Phi) is 3.70. The van der Waals surface area contributed by atoms with Crippen LogP contribution in [0.5, 0.6) is 0 Å². The van der Waals surface area contributed by atoms with E-state index in [0.29, 0.717) is 0 Å². The van der Waals surface area contributed by atoms with E-state index in [0.717, 1.165) is 0 Å². The number of halogens is 1. The fraction of sp³-hybridized carbons (Fsp3) is 1.00. The molecule has 6 heteroatoms. The largest absolute Gasteiger partial charge is 0.394 e. The van der Waals surface area contributed by atoms with E-state index >= 15 is 0 Å². The maximum Gasteiger partial charge on any atom is 0.206 e. The summed E-state index contributed by atoms with van der Waals surface area (Å²) in [6, 6.07) is 0. The van der Waals surface area contributed by atoms with Gasteiger partial charge in [0.05, 0.1) is 30.7 Å². The predicted octanol–water partition coefficient (Wildman–Crippen LogP) is -1.01. The van der Waals surface area contributed by atoms with Gasteiger partial charge < -0.3 is 20.1 Å². The third kappa shape index (κ3) is 2.07. The highest BCUT2D eigenvalue weighted by Gasteiger charge is 2.37. The molecule has 1 aliphatic heterocycles. The van der Waals surface area contributed by atoms with Gasteiger partial charge in [0, 0.05) is 6.42 Å². The van der Waals surface area contributed by atoms with E-state index < -0.39 is 24.6 Å². The van der Waals surface area contributed by atoms with Crippen molar-refractivity contribution in [3.8, 4) is 0 Å². The van der Waals surface area contributed by atoms with Crippen molar-refractivity contribution in [2.45, 2.75) is 31.0 Å². The normalized spacial score (nSPS) is 43.0. The highest BCUT2D eigenvalue weighted by atomic mass is 35.5. The second-order valence-electron chi connectivity index (χ2n) is 2.69. The molecule has 4 atom stereocenters. The van der Waals surface area contributed by atoms with Crippen LogP contribution >= 0.6 is 11.9 Å². The predicted molar refractivity (Wildman–Crippen MR) is 39.3 cm³/mol. The van der Waals surface area contributed by atoms with Crippen molar-refractivity contribution in [2.75, 3.05) is 6.61 Å². The van der Waals surface area contributed by atoms with Crippen molar-refractivity contribution >= 4 is 11.9 Å². The Morgan fingerprint density at radius 3 is 2.67 bits per heavy atom. The summed E-state index contributed by atoms with van der Waals surface area (Å²) >= 11 is 4.99. The van der Waals surface area contributed by atoms with E-state index in [1.165, 1.54) is 0 Å². The molecule has 0 radical (unpaired) electrons. The molecule has 1 fully saturated rings. The van der Waals surface area contributed by atoms with Crippen molar-refractivity contribution in [3.63, 3.8) is 0 Å². The first-order chi connectivity index (χ1) is 5.69. The summed E-state index contributed by atoms with van der Waals surface area (Å²) in [6.07, 6.45) is -3.57. The monoisotopic (exact) mass is 198 g/mol. The number of hydrogen-bond acceptors (Lipinski definition) is 5. The van der Waals surface area contributed by atoms with E-state index in [9.17, 15) is 10.2 Å². The molecule has 0 aromatic carbocycles. The van der Waals surface area contributed by atoms with Crippen molar-refractivity contribution in [2.24, 2.45) is 0 Å². The molecule has 0 aliphatic carbocycles. The van der Waals surface area contributed by atoms with Gasteiger partial charge in [-0.1, -0.05) is 0 Å². The van der Waals surface area contributed by atoms with Gasteiger partial charge in [0.25, 0.3) is 0 Å². The molecular weight excluding hydrogens is 188 g/mol. The third-order valence-electron chi connectivity index (χ3n) is 1.80. The van der Waals surface area contributed by atoms with Crippen LogP contribution in [0.25, 0.3) is 0 Å². The van der Waals surface area contributed by atoms with Gasteiger partial charge in [0.1, 0.15) is 6.10 Å². The molecule has 0 saturated carbocycles. The highest BCUT2D eigenvalue weighted by molar-refractivity contribution is 6.07.